The van der Waals surface area contributed by atoms with Crippen LogP contribution in [0.15, 0.2) is 36.5 Å². The summed E-state index contributed by atoms with van der Waals surface area (Å²) in [5, 5.41) is 0.599. The molecule has 2 atom stereocenters. The number of ether oxygens (including phenoxy) is 3. The number of alkyl halides is 3. The Balaban J connectivity index is 1.66. The molecule has 1 aliphatic heterocycles. The van der Waals surface area contributed by atoms with Crippen LogP contribution in [0.2, 0.25) is 0 Å². The van der Waals surface area contributed by atoms with Gasteiger partial charge in [0, 0.05) is 29.5 Å². The minimum Gasteiger partial charge on any atom is -0.493 e. The minimum absolute atomic E-state index is 0.0223. The Kier molecular flexibility index (Phi) is 5.59. The first-order valence-corrected chi connectivity index (χ1v) is 11.0. The topological polar surface area (TPSA) is 110 Å². The van der Waals surface area contributed by atoms with E-state index in [9.17, 15) is 13.2 Å². The first-order chi connectivity index (χ1) is 16.7. The Morgan fingerprint density at radius 2 is 1.94 bits per heavy atom. The predicted octanol–water partition coefficient (Wildman–Crippen LogP) is 4.39. The Bertz CT molecular complexity index is 1410. The largest absolute Gasteiger partial charge is 0.493 e. The number of aromatic nitrogens is 3. The van der Waals surface area contributed by atoms with Crippen LogP contribution in [0.4, 0.5) is 24.7 Å². The molecule has 4 N–H and O–H groups in total. The lowest BCUT2D eigenvalue weighted by molar-refractivity contribution is -0.137. The van der Waals surface area contributed by atoms with Gasteiger partial charge in [0.2, 0.25) is 0 Å². The molecule has 5 rings (SSSR count). The molecule has 3 heterocycles. The summed E-state index contributed by atoms with van der Waals surface area (Å²) < 4.78 is 59.0. The average molecular weight is 487 g/mol. The molecule has 0 unspecified atom stereocenters. The van der Waals surface area contributed by atoms with Gasteiger partial charge in [0.15, 0.2) is 17.1 Å². The molecule has 1 saturated heterocycles. The number of fused-ring (bicyclic) bond motifs is 3. The molecule has 11 heteroatoms. The molecule has 184 valence electrons. The molecule has 8 nitrogen and oxygen atoms in total. The zero-order valence-corrected chi connectivity index (χ0v) is 19.1. The number of halogens is 3. The highest BCUT2D eigenvalue weighted by molar-refractivity contribution is 5.93. The maximum atomic E-state index is 13.4. The van der Waals surface area contributed by atoms with Gasteiger partial charge in [0.1, 0.15) is 17.7 Å². The van der Waals surface area contributed by atoms with Crippen molar-refractivity contribution in [2.45, 2.75) is 31.5 Å². The summed E-state index contributed by atoms with van der Waals surface area (Å²) in [5.74, 6) is 1.20. The van der Waals surface area contributed by atoms with Crippen molar-refractivity contribution in [3.05, 3.63) is 53.5 Å². The predicted molar refractivity (Wildman–Crippen MR) is 125 cm³/mol. The number of hydrogen-bond donors (Lipinski definition) is 2. The number of benzene rings is 2. The molecule has 2 aromatic heterocycles. The van der Waals surface area contributed by atoms with Gasteiger partial charge in [-0.1, -0.05) is 6.92 Å². The van der Waals surface area contributed by atoms with Crippen molar-refractivity contribution >= 4 is 28.1 Å². The van der Waals surface area contributed by atoms with Gasteiger partial charge in [-0.15, -0.1) is 0 Å². The Morgan fingerprint density at radius 1 is 1.14 bits per heavy atom. The van der Waals surface area contributed by atoms with E-state index in [-0.39, 0.29) is 17.6 Å². The van der Waals surface area contributed by atoms with E-state index in [2.05, 4.69) is 9.97 Å². The first kappa shape index (κ1) is 23.0. The van der Waals surface area contributed by atoms with E-state index in [1.807, 2.05) is 0 Å². The van der Waals surface area contributed by atoms with Crippen molar-refractivity contribution in [2.75, 3.05) is 31.8 Å². The fourth-order valence-electron chi connectivity index (χ4n) is 4.39. The molecule has 4 aromatic rings. The smallest absolute Gasteiger partial charge is 0.416 e. The maximum absolute atomic E-state index is 13.4. The molecular formula is C24H24F3N5O3. The molecule has 0 aliphatic carbocycles. The molecule has 1 aliphatic rings. The lowest BCUT2D eigenvalue weighted by Gasteiger charge is -2.18. The van der Waals surface area contributed by atoms with E-state index in [0.717, 1.165) is 18.6 Å². The number of hydrogen-bond acceptors (Lipinski definition) is 7. The van der Waals surface area contributed by atoms with Crippen molar-refractivity contribution in [1.82, 2.24) is 14.4 Å². The second-order valence-corrected chi connectivity index (χ2v) is 8.54. The van der Waals surface area contributed by atoms with Crippen LogP contribution in [0.1, 0.15) is 36.2 Å². The lowest BCUT2D eigenvalue weighted by Crippen LogP contribution is -2.16. The van der Waals surface area contributed by atoms with Gasteiger partial charge >= 0.3 is 6.18 Å². The van der Waals surface area contributed by atoms with Crippen LogP contribution in [-0.4, -0.2) is 40.8 Å². The summed E-state index contributed by atoms with van der Waals surface area (Å²) in [7, 11) is 1.53. The molecule has 0 radical (unpaired) electrons. The second-order valence-electron chi connectivity index (χ2n) is 8.54. The molecule has 0 bridgehead atoms. The van der Waals surface area contributed by atoms with E-state index in [1.54, 1.807) is 23.5 Å². The van der Waals surface area contributed by atoms with Crippen LogP contribution in [-0.2, 0) is 10.9 Å². The molecular weight excluding hydrogens is 463 g/mol. The summed E-state index contributed by atoms with van der Waals surface area (Å²) in [6.07, 6.45) is -2.33. The third kappa shape index (κ3) is 4.16. The Hall–Kier alpha value is -3.73. The third-order valence-corrected chi connectivity index (χ3v) is 6.18. The van der Waals surface area contributed by atoms with E-state index in [0.29, 0.717) is 52.7 Å². The van der Waals surface area contributed by atoms with Crippen molar-refractivity contribution in [2.24, 2.45) is 0 Å². The van der Waals surface area contributed by atoms with E-state index in [4.69, 9.17) is 25.7 Å². The Labute approximate surface area is 198 Å². The zero-order chi connectivity index (χ0) is 24.9. The highest BCUT2D eigenvalue weighted by atomic mass is 19.4. The van der Waals surface area contributed by atoms with Gasteiger partial charge in [0.05, 0.1) is 37.6 Å². The number of rotatable bonds is 5. The van der Waals surface area contributed by atoms with Crippen LogP contribution in [0.5, 0.6) is 11.5 Å². The van der Waals surface area contributed by atoms with Gasteiger partial charge in [-0.3, -0.25) is 4.40 Å². The van der Waals surface area contributed by atoms with Crippen molar-refractivity contribution in [3.63, 3.8) is 0 Å². The monoisotopic (exact) mass is 487 g/mol. The Morgan fingerprint density at radius 3 is 2.63 bits per heavy atom. The van der Waals surface area contributed by atoms with Gasteiger partial charge < -0.3 is 25.7 Å². The van der Waals surface area contributed by atoms with Gasteiger partial charge in [-0.25, -0.2) is 9.97 Å². The summed E-state index contributed by atoms with van der Waals surface area (Å²) in [4.78, 5) is 8.94. The molecule has 1 fully saturated rings. The molecule has 0 spiro atoms. The first-order valence-electron chi connectivity index (χ1n) is 11.0. The average Bonchev–Trinajstić information content (AvgIpc) is 3.47. The summed E-state index contributed by atoms with van der Waals surface area (Å²) in [6.45, 7) is 2.87. The van der Waals surface area contributed by atoms with Crippen LogP contribution in [0, 0.1) is 0 Å². The third-order valence-electron chi connectivity index (χ3n) is 6.18. The SMILES string of the molecule is COc1cc2c(cc1O[C@H]1CCOC1)c(N)nc1cnc([C@H](C)c3cc(N)cc(C(F)(F)F)c3)n12. The zero-order valence-electron chi connectivity index (χ0n) is 19.1. The van der Waals surface area contributed by atoms with Crippen LogP contribution in [0.3, 0.4) is 0 Å². The highest BCUT2D eigenvalue weighted by Gasteiger charge is 2.32. The van der Waals surface area contributed by atoms with Crippen LogP contribution in [0.25, 0.3) is 16.6 Å². The fraction of sp³-hybridized carbons (Fsp3) is 0.333. The number of imidazole rings is 1. The van der Waals surface area contributed by atoms with E-state index in [1.165, 1.54) is 19.4 Å². The summed E-state index contributed by atoms with van der Waals surface area (Å²) >= 11 is 0. The molecule has 2 aromatic carbocycles. The number of nitrogens with two attached hydrogens (primary N) is 2. The maximum Gasteiger partial charge on any atom is 0.416 e. The number of methoxy groups -OCH3 is 1. The number of nitrogens with zero attached hydrogens (tertiary/aromatic N) is 3. The second kappa shape index (κ2) is 8.49. The van der Waals surface area contributed by atoms with Crippen molar-refractivity contribution < 1.29 is 27.4 Å². The molecule has 0 saturated carbocycles. The molecule has 0 amide bonds. The van der Waals surface area contributed by atoms with E-state index >= 15 is 0 Å². The summed E-state index contributed by atoms with van der Waals surface area (Å²) in [6, 6.07) is 7.05. The van der Waals surface area contributed by atoms with Crippen molar-refractivity contribution in [1.29, 1.82) is 0 Å². The fourth-order valence-corrected chi connectivity index (χ4v) is 4.39. The normalized spacial score (nSPS) is 17.2. The van der Waals surface area contributed by atoms with Gasteiger partial charge in [-0.2, -0.15) is 13.2 Å². The number of anilines is 2. The highest BCUT2D eigenvalue weighted by Crippen LogP contribution is 2.38. The number of nitrogen functional groups attached to an aromatic ring is 2. The van der Waals surface area contributed by atoms with E-state index < -0.39 is 17.7 Å². The van der Waals surface area contributed by atoms with Gasteiger partial charge in [0.25, 0.3) is 0 Å². The minimum atomic E-state index is -4.52. The quantitative estimate of drug-likeness (QED) is 0.402. The van der Waals surface area contributed by atoms with Crippen molar-refractivity contribution in [3.8, 4) is 11.5 Å². The van der Waals surface area contributed by atoms with Gasteiger partial charge in [-0.05, 0) is 29.8 Å². The standard InChI is InChI=1S/C24H24F3N5O3/c1-12(13-5-14(24(25,26)27)7-15(28)6-13)23-30-10-21-31-22(29)17-8-20(35-16-3-4-34-11-16)19(33-2)9-18(17)32(21)23/h5-10,12,16H,3-4,11,28H2,1-2H3,(H2,29,31)/t12-,16+/m1/s1. The summed E-state index contributed by atoms with van der Waals surface area (Å²) in [5.41, 5.74) is 12.7. The van der Waals surface area contributed by atoms with Crippen LogP contribution < -0.4 is 20.9 Å². The lowest BCUT2D eigenvalue weighted by atomic mass is 9.97. The molecule has 35 heavy (non-hydrogen) atoms. The van der Waals surface area contributed by atoms with Crippen LogP contribution >= 0.6 is 0 Å².